The van der Waals surface area contributed by atoms with Crippen LogP contribution in [0.5, 0.6) is 0 Å². The maximum Gasteiger partial charge on any atom is 0.0940 e. The number of benzene rings is 3. The summed E-state index contributed by atoms with van der Waals surface area (Å²) in [4.78, 5) is 0. The van der Waals surface area contributed by atoms with Crippen molar-refractivity contribution in [2.75, 3.05) is 0 Å². The number of aliphatic hydroxyl groups excluding tert-OH is 1. The number of hydrogen-bond acceptors (Lipinski definition) is 2. The molecule has 0 radical (unpaired) electrons. The molecular formula is C22H24ClNO. The molecule has 0 heterocycles. The van der Waals surface area contributed by atoms with Crippen molar-refractivity contribution in [2.45, 2.75) is 25.6 Å². The fraction of sp³-hybridized carbons (Fsp3) is 0.182. The fourth-order valence-corrected chi connectivity index (χ4v) is 2.78. The van der Waals surface area contributed by atoms with Crippen molar-refractivity contribution in [1.29, 1.82) is 0 Å². The highest BCUT2D eigenvalue weighted by Crippen LogP contribution is 2.20. The predicted molar refractivity (Wildman–Crippen MR) is 107 cm³/mol. The summed E-state index contributed by atoms with van der Waals surface area (Å²) in [5, 5.41) is 13.8. The average Bonchev–Trinajstić information content (AvgIpc) is 2.67. The molecule has 0 aliphatic carbocycles. The van der Waals surface area contributed by atoms with E-state index >= 15 is 0 Å². The van der Waals surface area contributed by atoms with E-state index in [9.17, 15) is 5.11 Å². The molecule has 3 heteroatoms. The molecule has 2 atom stereocenters. The molecule has 3 aromatic carbocycles. The predicted octanol–water partition coefficient (Wildman–Crippen LogP) is 4.99. The second-order valence-electron chi connectivity index (χ2n) is 6.09. The highest BCUT2D eigenvalue weighted by Gasteiger charge is 2.15. The molecule has 3 rings (SSSR count). The molecule has 130 valence electrons. The van der Waals surface area contributed by atoms with Gasteiger partial charge in [-0.05, 0) is 29.2 Å². The van der Waals surface area contributed by atoms with Gasteiger partial charge in [0, 0.05) is 12.6 Å². The monoisotopic (exact) mass is 353 g/mol. The molecule has 0 aliphatic heterocycles. The second kappa shape index (κ2) is 9.38. The Morgan fingerprint density at radius 2 is 1.28 bits per heavy atom. The lowest BCUT2D eigenvalue weighted by Gasteiger charge is -2.20. The van der Waals surface area contributed by atoms with Crippen LogP contribution in [0.15, 0.2) is 84.9 Å². The van der Waals surface area contributed by atoms with Gasteiger partial charge in [-0.1, -0.05) is 84.9 Å². The zero-order chi connectivity index (χ0) is 16.8. The molecule has 0 spiro atoms. The smallest absolute Gasteiger partial charge is 0.0940 e. The van der Waals surface area contributed by atoms with Gasteiger partial charge in [0.1, 0.15) is 0 Å². The fourth-order valence-electron chi connectivity index (χ4n) is 2.78. The molecule has 25 heavy (non-hydrogen) atoms. The summed E-state index contributed by atoms with van der Waals surface area (Å²) in [7, 11) is 0. The lowest BCUT2D eigenvalue weighted by atomic mass is 10.0. The van der Waals surface area contributed by atoms with Gasteiger partial charge < -0.3 is 10.4 Å². The molecule has 0 saturated heterocycles. The van der Waals surface area contributed by atoms with E-state index in [4.69, 9.17) is 0 Å². The first-order valence-electron chi connectivity index (χ1n) is 8.35. The van der Waals surface area contributed by atoms with Crippen LogP contribution in [-0.2, 0) is 6.54 Å². The Labute approximate surface area is 156 Å². The standard InChI is InChI=1S/C22H23NO.ClH/c1-17(22(24)21-10-6-3-7-11-21)23-16-18-12-14-20(15-13-18)19-8-4-2-5-9-19;/h2-15,17,22-24H,16H2,1H3;1H. The lowest BCUT2D eigenvalue weighted by molar-refractivity contribution is 0.135. The molecule has 3 aromatic rings. The van der Waals surface area contributed by atoms with Gasteiger partial charge in [-0.25, -0.2) is 0 Å². The van der Waals surface area contributed by atoms with Crippen LogP contribution in [0.1, 0.15) is 24.2 Å². The number of aliphatic hydroxyl groups is 1. The minimum atomic E-state index is -0.505. The van der Waals surface area contributed by atoms with Crippen LogP contribution in [0.4, 0.5) is 0 Å². The van der Waals surface area contributed by atoms with Gasteiger partial charge in [0.2, 0.25) is 0 Å². The minimum absolute atomic E-state index is 0. The molecule has 2 unspecified atom stereocenters. The van der Waals surface area contributed by atoms with E-state index in [1.165, 1.54) is 16.7 Å². The van der Waals surface area contributed by atoms with Crippen LogP contribution in [0.25, 0.3) is 11.1 Å². The lowest BCUT2D eigenvalue weighted by Crippen LogP contribution is -2.31. The Morgan fingerprint density at radius 1 is 0.760 bits per heavy atom. The van der Waals surface area contributed by atoms with E-state index in [0.29, 0.717) is 0 Å². The summed E-state index contributed by atoms with van der Waals surface area (Å²) in [6, 6.07) is 28.7. The van der Waals surface area contributed by atoms with Crippen LogP contribution < -0.4 is 5.32 Å². The van der Waals surface area contributed by atoms with E-state index < -0.39 is 6.10 Å². The summed E-state index contributed by atoms with van der Waals surface area (Å²) >= 11 is 0. The van der Waals surface area contributed by atoms with Crippen molar-refractivity contribution in [3.63, 3.8) is 0 Å². The Hall–Kier alpha value is -2.13. The van der Waals surface area contributed by atoms with Crippen molar-refractivity contribution in [3.8, 4) is 11.1 Å². The quantitative estimate of drug-likeness (QED) is 0.654. The van der Waals surface area contributed by atoms with Gasteiger partial charge in [0.25, 0.3) is 0 Å². The Kier molecular flexibility index (Phi) is 7.20. The Morgan fingerprint density at radius 3 is 1.88 bits per heavy atom. The van der Waals surface area contributed by atoms with Gasteiger partial charge >= 0.3 is 0 Å². The molecule has 0 saturated carbocycles. The maximum atomic E-state index is 10.4. The minimum Gasteiger partial charge on any atom is -0.387 e. The number of nitrogens with one attached hydrogen (secondary N) is 1. The van der Waals surface area contributed by atoms with Crippen LogP contribution in [0.3, 0.4) is 0 Å². The van der Waals surface area contributed by atoms with Gasteiger partial charge in [-0.15, -0.1) is 12.4 Å². The van der Waals surface area contributed by atoms with Gasteiger partial charge in [0.05, 0.1) is 6.10 Å². The summed E-state index contributed by atoms with van der Waals surface area (Å²) in [5.74, 6) is 0. The van der Waals surface area contributed by atoms with Gasteiger partial charge in [-0.3, -0.25) is 0 Å². The molecule has 2 N–H and O–H groups in total. The van der Waals surface area contributed by atoms with Crippen LogP contribution in [-0.4, -0.2) is 11.1 Å². The average molecular weight is 354 g/mol. The first kappa shape index (κ1) is 19.2. The topological polar surface area (TPSA) is 32.3 Å². The third-order valence-corrected chi connectivity index (χ3v) is 4.30. The molecular weight excluding hydrogens is 330 g/mol. The Bertz CT molecular complexity index is 744. The van der Waals surface area contributed by atoms with E-state index in [0.717, 1.165) is 12.1 Å². The first-order chi connectivity index (χ1) is 11.7. The zero-order valence-corrected chi connectivity index (χ0v) is 15.1. The van der Waals surface area contributed by atoms with Crippen molar-refractivity contribution in [3.05, 3.63) is 96.1 Å². The van der Waals surface area contributed by atoms with E-state index in [1.54, 1.807) is 0 Å². The summed E-state index contributed by atoms with van der Waals surface area (Å²) in [6.07, 6.45) is -0.505. The molecule has 0 fully saturated rings. The normalized spacial score (nSPS) is 12.9. The molecule has 0 aromatic heterocycles. The summed E-state index contributed by atoms with van der Waals surface area (Å²) in [5.41, 5.74) is 4.60. The van der Waals surface area contributed by atoms with Crippen molar-refractivity contribution < 1.29 is 5.11 Å². The van der Waals surface area contributed by atoms with Crippen LogP contribution >= 0.6 is 12.4 Å². The van der Waals surface area contributed by atoms with Crippen molar-refractivity contribution in [2.24, 2.45) is 0 Å². The number of hydrogen-bond donors (Lipinski definition) is 2. The third kappa shape index (κ3) is 5.17. The maximum absolute atomic E-state index is 10.4. The van der Waals surface area contributed by atoms with Crippen LogP contribution in [0, 0.1) is 0 Å². The highest BCUT2D eigenvalue weighted by atomic mass is 35.5. The number of rotatable bonds is 6. The molecule has 0 amide bonds. The molecule has 2 nitrogen and oxygen atoms in total. The summed E-state index contributed by atoms with van der Waals surface area (Å²) in [6.45, 7) is 2.75. The summed E-state index contributed by atoms with van der Waals surface area (Å²) < 4.78 is 0. The highest BCUT2D eigenvalue weighted by molar-refractivity contribution is 5.85. The first-order valence-corrected chi connectivity index (χ1v) is 8.35. The van der Waals surface area contributed by atoms with E-state index in [-0.39, 0.29) is 18.4 Å². The van der Waals surface area contributed by atoms with Crippen molar-refractivity contribution >= 4 is 12.4 Å². The molecule has 0 aliphatic rings. The largest absolute Gasteiger partial charge is 0.387 e. The SMILES string of the molecule is CC(NCc1ccc(-c2ccccc2)cc1)C(O)c1ccccc1.Cl. The zero-order valence-electron chi connectivity index (χ0n) is 14.3. The molecule has 0 bridgehead atoms. The van der Waals surface area contributed by atoms with E-state index in [2.05, 4.69) is 53.8 Å². The van der Waals surface area contributed by atoms with Crippen LogP contribution in [0.2, 0.25) is 0 Å². The third-order valence-electron chi connectivity index (χ3n) is 4.30. The Balaban J connectivity index is 0.00000225. The second-order valence-corrected chi connectivity index (χ2v) is 6.09. The van der Waals surface area contributed by atoms with E-state index in [1.807, 2.05) is 43.3 Å². The number of halogens is 1. The van der Waals surface area contributed by atoms with Gasteiger partial charge in [0.15, 0.2) is 0 Å². The van der Waals surface area contributed by atoms with Gasteiger partial charge in [-0.2, -0.15) is 0 Å². The van der Waals surface area contributed by atoms with Crippen molar-refractivity contribution in [1.82, 2.24) is 5.32 Å².